The number of hydrogen-bond acceptors (Lipinski definition) is 4. The van der Waals surface area contributed by atoms with Gasteiger partial charge in [0.15, 0.2) is 0 Å². The molecule has 0 aliphatic heterocycles. The minimum absolute atomic E-state index is 0.347. The van der Waals surface area contributed by atoms with Gasteiger partial charge in [0.1, 0.15) is 5.75 Å². The van der Waals surface area contributed by atoms with Gasteiger partial charge in [0.05, 0.1) is 0 Å². The first-order chi connectivity index (χ1) is 7.79. The summed E-state index contributed by atoms with van der Waals surface area (Å²) in [6.45, 7) is 2.46. The van der Waals surface area contributed by atoms with Gasteiger partial charge in [-0.1, -0.05) is 12.1 Å². The summed E-state index contributed by atoms with van der Waals surface area (Å²) in [5, 5.41) is 0. The van der Waals surface area contributed by atoms with Crippen LogP contribution in [0.3, 0.4) is 0 Å². The maximum absolute atomic E-state index is 5.58. The van der Waals surface area contributed by atoms with Crippen molar-refractivity contribution in [3.63, 3.8) is 0 Å². The first-order valence-corrected chi connectivity index (χ1v) is 5.04. The highest BCUT2D eigenvalue weighted by Crippen LogP contribution is 2.23. The topological polar surface area (TPSA) is 61.0 Å². The van der Waals surface area contributed by atoms with E-state index < -0.39 is 0 Å². The number of nitrogens with two attached hydrogens (primary N) is 1. The number of hydrogen-bond donors (Lipinski definition) is 1. The second-order valence-corrected chi connectivity index (χ2v) is 3.44. The number of benzene rings is 1. The van der Waals surface area contributed by atoms with Gasteiger partial charge in [-0.05, 0) is 30.2 Å². The molecule has 0 radical (unpaired) electrons. The zero-order valence-electron chi connectivity index (χ0n) is 9.05. The van der Waals surface area contributed by atoms with Crippen LogP contribution in [0, 0.1) is 6.92 Å². The summed E-state index contributed by atoms with van der Waals surface area (Å²) in [5.74, 6) is 0.745. The minimum Gasteiger partial charge on any atom is -0.424 e. The van der Waals surface area contributed by atoms with Crippen molar-refractivity contribution in [3.8, 4) is 11.8 Å². The molecule has 2 rings (SSSR count). The maximum Gasteiger partial charge on any atom is 0.321 e. The predicted octanol–water partition coefficient (Wildman–Crippen LogP) is 2.04. The van der Waals surface area contributed by atoms with Crippen LogP contribution in [0.5, 0.6) is 11.8 Å². The molecule has 0 bridgehead atoms. The lowest BCUT2D eigenvalue weighted by molar-refractivity contribution is 0.438. The SMILES string of the molecule is Cc1ccc(CN)cc1Oc1ncccn1. The highest BCUT2D eigenvalue weighted by Gasteiger charge is 2.03. The lowest BCUT2D eigenvalue weighted by Gasteiger charge is -2.08. The zero-order valence-corrected chi connectivity index (χ0v) is 9.05. The predicted molar refractivity (Wildman–Crippen MR) is 61.2 cm³/mol. The average Bonchev–Trinajstić information content (AvgIpc) is 2.33. The summed E-state index contributed by atoms with van der Waals surface area (Å²) < 4.78 is 5.57. The molecule has 1 aromatic carbocycles. The van der Waals surface area contributed by atoms with E-state index in [1.165, 1.54) is 0 Å². The Labute approximate surface area is 94.1 Å². The molecular formula is C12H13N3O. The van der Waals surface area contributed by atoms with Crippen LogP contribution in [0.4, 0.5) is 0 Å². The molecule has 0 unspecified atom stereocenters. The summed E-state index contributed by atoms with van der Waals surface area (Å²) in [5.41, 5.74) is 7.63. The lowest BCUT2D eigenvalue weighted by atomic mass is 10.1. The Morgan fingerprint density at radius 1 is 1.25 bits per heavy atom. The largest absolute Gasteiger partial charge is 0.424 e. The van der Waals surface area contributed by atoms with Crippen LogP contribution in [0.25, 0.3) is 0 Å². The Hall–Kier alpha value is -1.94. The van der Waals surface area contributed by atoms with Crippen molar-refractivity contribution < 1.29 is 4.74 Å². The van der Waals surface area contributed by atoms with Crippen molar-refractivity contribution in [2.75, 3.05) is 0 Å². The van der Waals surface area contributed by atoms with Crippen LogP contribution in [0.2, 0.25) is 0 Å². The summed E-state index contributed by atoms with van der Waals surface area (Å²) in [7, 11) is 0. The fraction of sp³-hybridized carbons (Fsp3) is 0.167. The van der Waals surface area contributed by atoms with Crippen molar-refractivity contribution in [1.82, 2.24) is 9.97 Å². The zero-order chi connectivity index (χ0) is 11.4. The normalized spacial score (nSPS) is 10.1. The van der Waals surface area contributed by atoms with Crippen molar-refractivity contribution in [2.45, 2.75) is 13.5 Å². The Kier molecular flexibility index (Phi) is 3.12. The molecule has 0 fully saturated rings. The summed E-state index contributed by atoms with van der Waals surface area (Å²) in [6, 6.07) is 7.95. The molecule has 1 aromatic heterocycles. The van der Waals surface area contributed by atoms with E-state index in [0.717, 1.165) is 16.9 Å². The van der Waals surface area contributed by atoms with E-state index in [9.17, 15) is 0 Å². The molecule has 0 aliphatic carbocycles. The van der Waals surface area contributed by atoms with Gasteiger partial charge >= 0.3 is 6.01 Å². The molecule has 0 saturated carbocycles. The van der Waals surface area contributed by atoms with Crippen LogP contribution in [-0.4, -0.2) is 9.97 Å². The third-order valence-corrected chi connectivity index (χ3v) is 2.23. The van der Waals surface area contributed by atoms with Gasteiger partial charge < -0.3 is 10.5 Å². The van der Waals surface area contributed by atoms with Crippen LogP contribution in [0.15, 0.2) is 36.7 Å². The van der Waals surface area contributed by atoms with E-state index in [-0.39, 0.29) is 0 Å². The van der Waals surface area contributed by atoms with Crippen LogP contribution >= 0.6 is 0 Å². The summed E-state index contributed by atoms with van der Waals surface area (Å²) in [4.78, 5) is 8.01. The van der Waals surface area contributed by atoms with Gasteiger partial charge in [0.25, 0.3) is 0 Å². The summed E-state index contributed by atoms with van der Waals surface area (Å²) in [6.07, 6.45) is 3.29. The first-order valence-electron chi connectivity index (χ1n) is 5.04. The second kappa shape index (κ2) is 4.72. The molecule has 0 amide bonds. The van der Waals surface area contributed by atoms with E-state index >= 15 is 0 Å². The van der Waals surface area contributed by atoms with Crippen molar-refractivity contribution >= 4 is 0 Å². The second-order valence-electron chi connectivity index (χ2n) is 3.44. The van der Waals surface area contributed by atoms with Crippen molar-refractivity contribution in [1.29, 1.82) is 0 Å². The number of rotatable bonds is 3. The van der Waals surface area contributed by atoms with Gasteiger partial charge in [0, 0.05) is 18.9 Å². The Bertz CT molecular complexity index is 471. The molecule has 0 saturated heterocycles. The number of aryl methyl sites for hydroxylation is 1. The lowest BCUT2D eigenvalue weighted by Crippen LogP contribution is -1.98. The molecule has 0 spiro atoms. The molecule has 0 aliphatic rings. The van der Waals surface area contributed by atoms with E-state index in [1.807, 2.05) is 25.1 Å². The van der Waals surface area contributed by atoms with Gasteiger partial charge in [-0.15, -0.1) is 0 Å². The van der Waals surface area contributed by atoms with E-state index in [4.69, 9.17) is 10.5 Å². The van der Waals surface area contributed by atoms with E-state index in [2.05, 4.69) is 9.97 Å². The maximum atomic E-state index is 5.58. The number of ether oxygens (including phenoxy) is 1. The standard InChI is InChI=1S/C12H13N3O/c1-9-3-4-10(8-13)7-11(9)16-12-14-5-2-6-15-12/h2-7H,8,13H2,1H3. The van der Waals surface area contributed by atoms with Gasteiger partial charge in [0.2, 0.25) is 0 Å². The van der Waals surface area contributed by atoms with Crippen LogP contribution < -0.4 is 10.5 Å². The fourth-order valence-corrected chi connectivity index (χ4v) is 1.32. The van der Waals surface area contributed by atoms with Gasteiger partial charge in [-0.3, -0.25) is 0 Å². The molecule has 2 N–H and O–H groups in total. The van der Waals surface area contributed by atoms with Crippen LogP contribution in [0.1, 0.15) is 11.1 Å². The third-order valence-electron chi connectivity index (χ3n) is 2.23. The highest BCUT2D eigenvalue weighted by molar-refractivity contribution is 5.37. The van der Waals surface area contributed by atoms with Crippen LogP contribution in [-0.2, 0) is 6.54 Å². The van der Waals surface area contributed by atoms with Gasteiger partial charge in [-0.25, -0.2) is 9.97 Å². The van der Waals surface area contributed by atoms with Crippen molar-refractivity contribution in [2.24, 2.45) is 5.73 Å². The van der Waals surface area contributed by atoms with Crippen molar-refractivity contribution in [3.05, 3.63) is 47.8 Å². The highest BCUT2D eigenvalue weighted by atomic mass is 16.5. The number of aromatic nitrogens is 2. The molecule has 4 nitrogen and oxygen atoms in total. The fourth-order valence-electron chi connectivity index (χ4n) is 1.32. The quantitative estimate of drug-likeness (QED) is 0.851. The average molecular weight is 215 g/mol. The Morgan fingerprint density at radius 3 is 2.69 bits per heavy atom. The first kappa shape index (κ1) is 10.6. The molecule has 16 heavy (non-hydrogen) atoms. The molecular weight excluding hydrogens is 202 g/mol. The van der Waals surface area contributed by atoms with E-state index in [0.29, 0.717) is 12.6 Å². The van der Waals surface area contributed by atoms with Gasteiger partial charge in [-0.2, -0.15) is 0 Å². The molecule has 1 heterocycles. The molecule has 4 heteroatoms. The molecule has 82 valence electrons. The molecule has 0 atom stereocenters. The monoisotopic (exact) mass is 215 g/mol. The minimum atomic E-state index is 0.347. The number of nitrogens with zero attached hydrogens (tertiary/aromatic N) is 2. The smallest absolute Gasteiger partial charge is 0.321 e. The van der Waals surface area contributed by atoms with E-state index in [1.54, 1.807) is 18.5 Å². The Balaban J connectivity index is 2.27. The molecule has 2 aromatic rings. The Morgan fingerprint density at radius 2 is 2.00 bits per heavy atom. The summed E-state index contributed by atoms with van der Waals surface area (Å²) >= 11 is 0. The third kappa shape index (κ3) is 2.35.